The number of methoxy groups -OCH3 is 1. The van der Waals surface area contributed by atoms with E-state index in [4.69, 9.17) is 16.3 Å². The maximum atomic E-state index is 11.5. The molecule has 14 heavy (non-hydrogen) atoms. The van der Waals surface area contributed by atoms with Gasteiger partial charge in [0.15, 0.2) is 0 Å². The molecule has 0 saturated carbocycles. The first-order valence-electron chi connectivity index (χ1n) is 5.11. The van der Waals surface area contributed by atoms with Crippen molar-refractivity contribution in [1.82, 2.24) is 0 Å². The fourth-order valence-electron chi connectivity index (χ4n) is 1.37. The monoisotopic (exact) mass is 220 g/mol. The van der Waals surface area contributed by atoms with Crippen LogP contribution in [0.5, 0.6) is 0 Å². The minimum atomic E-state index is -0.388. The average molecular weight is 221 g/mol. The molecule has 0 N–H and O–H groups in total. The number of carbonyl (C=O) groups is 1. The van der Waals surface area contributed by atoms with E-state index in [2.05, 4.69) is 6.92 Å². The molecular weight excluding hydrogens is 200 g/mol. The smallest absolute Gasteiger partial charge is 0.311 e. The van der Waals surface area contributed by atoms with E-state index in [1.807, 2.05) is 13.8 Å². The van der Waals surface area contributed by atoms with E-state index in [1.165, 1.54) is 7.11 Å². The van der Waals surface area contributed by atoms with E-state index in [0.29, 0.717) is 11.8 Å². The highest BCUT2D eigenvalue weighted by Crippen LogP contribution is 2.31. The van der Waals surface area contributed by atoms with Gasteiger partial charge in [-0.1, -0.05) is 13.3 Å². The quantitative estimate of drug-likeness (QED) is 0.390. The molecule has 0 saturated heterocycles. The van der Waals surface area contributed by atoms with Crippen LogP contribution in [0.1, 0.15) is 40.0 Å². The summed E-state index contributed by atoms with van der Waals surface area (Å²) in [5, 5.41) is 0. The summed E-state index contributed by atoms with van der Waals surface area (Å²) in [4.78, 5) is 11.5. The van der Waals surface area contributed by atoms with Gasteiger partial charge in [0.05, 0.1) is 12.5 Å². The third-order valence-corrected chi connectivity index (χ3v) is 3.23. The molecule has 2 nitrogen and oxygen atoms in total. The van der Waals surface area contributed by atoms with Crippen molar-refractivity contribution in [2.24, 2.45) is 11.3 Å². The Morgan fingerprint density at radius 2 is 2.00 bits per heavy atom. The molecule has 0 spiro atoms. The van der Waals surface area contributed by atoms with Gasteiger partial charge < -0.3 is 4.74 Å². The van der Waals surface area contributed by atoms with Crippen LogP contribution in [0.15, 0.2) is 0 Å². The first-order valence-corrected chi connectivity index (χ1v) is 5.64. The number of esters is 1. The standard InChI is InChI=1S/C11H21ClO2/c1-9(7-5-6-8-12)11(2,3)10(13)14-4/h9H,5-8H2,1-4H3. The zero-order valence-electron chi connectivity index (χ0n) is 9.60. The van der Waals surface area contributed by atoms with Gasteiger partial charge in [0.25, 0.3) is 0 Å². The molecule has 0 aliphatic heterocycles. The molecule has 0 bridgehead atoms. The predicted octanol–water partition coefficient (Wildman–Crippen LogP) is 3.23. The topological polar surface area (TPSA) is 26.3 Å². The fourth-order valence-corrected chi connectivity index (χ4v) is 1.56. The number of unbranched alkanes of at least 4 members (excludes halogenated alkanes) is 1. The van der Waals surface area contributed by atoms with Gasteiger partial charge in [0, 0.05) is 5.88 Å². The van der Waals surface area contributed by atoms with Crippen LogP contribution in [0.25, 0.3) is 0 Å². The van der Waals surface area contributed by atoms with Crippen LogP contribution < -0.4 is 0 Å². The van der Waals surface area contributed by atoms with Crippen molar-refractivity contribution < 1.29 is 9.53 Å². The summed E-state index contributed by atoms with van der Waals surface area (Å²) >= 11 is 5.60. The lowest BCUT2D eigenvalue weighted by atomic mass is 9.77. The Hall–Kier alpha value is -0.240. The lowest BCUT2D eigenvalue weighted by molar-refractivity contribution is -0.153. The van der Waals surface area contributed by atoms with Crippen molar-refractivity contribution >= 4 is 17.6 Å². The second kappa shape index (κ2) is 6.28. The van der Waals surface area contributed by atoms with Crippen molar-refractivity contribution in [3.63, 3.8) is 0 Å². The first kappa shape index (κ1) is 13.8. The molecule has 0 aliphatic rings. The Bertz CT molecular complexity index is 178. The van der Waals surface area contributed by atoms with Gasteiger partial charge >= 0.3 is 5.97 Å². The SMILES string of the molecule is COC(=O)C(C)(C)C(C)CCCCCl. The Morgan fingerprint density at radius 3 is 2.43 bits per heavy atom. The lowest BCUT2D eigenvalue weighted by Crippen LogP contribution is -2.32. The zero-order valence-corrected chi connectivity index (χ0v) is 10.4. The first-order chi connectivity index (χ1) is 6.46. The average Bonchev–Trinajstić information content (AvgIpc) is 2.16. The van der Waals surface area contributed by atoms with Crippen LogP contribution in [0.4, 0.5) is 0 Å². The van der Waals surface area contributed by atoms with E-state index >= 15 is 0 Å². The van der Waals surface area contributed by atoms with E-state index < -0.39 is 0 Å². The number of alkyl halides is 1. The normalized spacial score (nSPS) is 13.8. The second-order valence-electron chi connectivity index (χ2n) is 4.30. The van der Waals surface area contributed by atoms with E-state index in [-0.39, 0.29) is 11.4 Å². The molecule has 0 aromatic rings. The number of hydrogen-bond acceptors (Lipinski definition) is 2. The van der Waals surface area contributed by atoms with Crippen molar-refractivity contribution in [2.75, 3.05) is 13.0 Å². The lowest BCUT2D eigenvalue weighted by Gasteiger charge is -2.28. The molecule has 0 aromatic carbocycles. The summed E-state index contributed by atoms with van der Waals surface area (Å²) < 4.78 is 4.78. The van der Waals surface area contributed by atoms with Gasteiger partial charge in [-0.3, -0.25) is 4.79 Å². The van der Waals surface area contributed by atoms with E-state index in [1.54, 1.807) is 0 Å². The maximum absolute atomic E-state index is 11.5. The molecule has 0 amide bonds. The van der Waals surface area contributed by atoms with Crippen LogP contribution in [-0.2, 0) is 9.53 Å². The Kier molecular flexibility index (Phi) is 6.17. The molecule has 1 atom stereocenters. The van der Waals surface area contributed by atoms with Gasteiger partial charge in [-0.15, -0.1) is 11.6 Å². The van der Waals surface area contributed by atoms with Gasteiger partial charge in [-0.25, -0.2) is 0 Å². The predicted molar refractivity (Wildman–Crippen MR) is 59.5 cm³/mol. The summed E-state index contributed by atoms with van der Waals surface area (Å²) in [6.45, 7) is 5.96. The minimum absolute atomic E-state index is 0.129. The van der Waals surface area contributed by atoms with Crippen LogP contribution in [0.2, 0.25) is 0 Å². The molecule has 1 unspecified atom stereocenters. The van der Waals surface area contributed by atoms with Gasteiger partial charge in [0.2, 0.25) is 0 Å². The molecule has 0 fully saturated rings. The summed E-state index contributed by atoms with van der Waals surface area (Å²) in [7, 11) is 1.44. The zero-order chi connectivity index (χ0) is 11.2. The van der Waals surface area contributed by atoms with Crippen LogP contribution >= 0.6 is 11.6 Å². The Balaban J connectivity index is 4.07. The second-order valence-corrected chi connectivity index (χ2v) is 4.68. The minimum Gasteiger partial charge on any atom is -0.469 e. The summed E-state index contributed by atoms with van der Waals surface area (Å²) in [5.74, 6) is 0.903. The summed E-state index contributed by atoms with van der Waals surface area (Å²) in [6.07, 6.45) is 3.11. The molecule has 84 valence electrons. The van der Waals surface area contributed by atoms with Gasteiger partial charge in [0.1, 0.15) is 0 Å². The fraction of sp³-hybridized carbons (Fsp3) is 0.909. The van der Waals surface area contributed by atoms with Crippen LogP contribution in [0, 0.1) is 11.3 Å². The van der Waals surface area contributed by atoms with Gasteiger partial charge in [-0.05, 0) is 32.6 Å². The molecule has 0 aromatic heterocycles. The number of rotatable bonds is 6. The van der Waals surface area contributed by atoms with Crippen molar-refractivity contribution in [3.8, 4) is 0 Å². The van der Waals surface area contributed by atoms with Crippen molar-refractivity contribution in [2.45, 2.75) is 40.0 Å². The highest BCUT2D eigenvalue weighted by molar-refractivity contribution is 6.17. The third kappa shape index (κ3) is 3.87. The van der Waals surface area contributed by atoms with Crippen LogP contribution in [-0.4, -0.2) is 19.0 Å². The summed E-state index contributed by atoms with van der Waals surface area (Å²) in [6, 6.07) is 0. The molecule has 0 rings (SSSR count). The highest BCUT2D eigenvalue weighted by Gasteiger charge is 2.34. The van der Waals surface area contributed by atoms with Crippen LogP contribution in [0.3, 0.4) is 0 Å². The molecule has 0 radical (unpaired) electrons. The Morgan fingerprint density at radius 1 is 1.43 bits per heavy atom. The molecular formula is C11H21ClO2. The highest BCUT2D eigenvalue weighted by atomic mass is 35.5. The number of ether oxygens (including phenoxy) is 1. The van der Waals surface area contributed by atoms with Gasteiger partial charge in [-0.2, -0.15) is 0 Å². The number of carbonyl (C=O) groups excluding carboxylic acids is 1. The van der Waals surface area contributed by atoms with E-state index in [0.717, 1.165) is 19.3 Å². The van der Waals surface area contributed by atoms with Crippen molar-refractivity contribution in [3.05, 3.63) is 0 Å². The van der Waals surface area contributed by atoms with E-state index in [9.17, 15) is 4.79 Å². The largest absolute Gasteiger partial charge is 0.469 e. The molecule has 0 heterocycles. The number of halogens is 1. The third-order valence-electron chi connectivity index (χ3n) is 2.96. The molecule has 0 aliphatic carbocycles. The van der Waals surface area contributed by atoms with Crippen molar-refractivity contribution in [1.29, 1.82) is 0 Å². The molecule has 3 heteroatoms. The number of hydrogen-bond donors (Lipinski definition) is 0. The summed E-state index contributed by atoms with van der Waals surface area (Å²) in [5.41, 5.74) is -0.388. The Labute approximate surface area is 92.0 Å². The maximum Gasteiger partial charge on any atom is 0.311 e.